The third-order valence-electron chi connectivity index (χ3n) is 26.7. The molecule has 6 fully saturated rings. The van der Waals surface area contributed by atoms with Crippen LogP contribution in [-0.2, 0) is 61.9 Å². The van der Waals surface area contributed by atoms with E-state index in [0.29, 0.717) is 80.8 Å². The summed E-state index contributed by atoms with van der Waals surface area (Å²) in [7, 11) is 0. The number of hydrogen-bond acceptors (Lipinski definition) is 16. The van der Waals surface area contributed by atoms with E-state index >= 15 is 9.59 Å². The van der Waals surface area contributed by atoms with Gasteiger partial charge in [0.1, 0.15) is 46.6 Å². The largest absolute Gasteiger partial charge is 0.458 e. The number of amides is 1. The summed E-state index contributed by atoms with van der Waals surface area (Å²) in [5.41, 5.74) is -3.28. The van der Waals surface area contributed by atoms with Crippen LogP contribution in [0.3, 0.4) is 0 Å². The lowest BCUT2D eigenvalue weighted by molar-refractivity contribution is -0.288. The van der Waals surface area contributed by atoms with E-state index in [0.717, 1.165) is 48.3 Å². The fourth-order valence-electron chi connectivity index (χ4n) is 21.4. The van der Waals surface area contributed by atoms with Gasteiger partial charge in [0.15, 0.2) is 0 Å². The van der Waals surface area contributed by atoms with Crippen molar-refractivity contribution in [2.75, 3.05) is 33.0 Å². The Morgan fingerprint density at radius 2 is 1.44 bits per heavy atom. The van der Waals surface area contributed by atoms with Gasteiger partial charge in [-0.05, 0) is 192 Å². The van der Waals surface area contributed by atoms with Gasteiger partial charge < -0.3 is 48.3 Å². The molecule has 0 aromatic heterocycles. The molecule has 0 aliphatic heterocycles. The van der Waals surface area contributed by atoms with E-state index in [1.54, 1.807) is 115 Å². The molecule has 19 atom stereocenters. The highest BCUT2D eigenvalue weighted by atomic mass is 16.6. The van der Waals surface area contributed by atoms with Gasteiger partial charge in [-0.15, -0.1) is 0 Å². The zero-order valence-corrected chi connectivity index (χ0v) is 63.6. The first-order valence-electron chi connectivity index (χ1n) is 38.6. The fourth-order valence-corrected chi connectivity index (χ4v) is 21.4. The number of allylic oxidation sites excluding steroid dienone is 1. The molecule has 101 heavy (non-hydrogen) atoms. The average molecular weight is 1400 g/mol. The van der Waals surface area contributed by atoms with Crippen LogP contribution in [0.1, 0.15) is 248 Å². The second kappa shape index (κ2) is 31.5. The van der Waals surface area contributed by atoms with Crippen LogP contribution in [0.5, 0.6) is 0 Å². The Hall–Kier alpha value is -5.75. The van der Waals surface area contributed by atoms with Crippen LogP contribution in [0.25, 0.3) is 0 Å². The number of esters is 4. The summed E-state index contributed by atoms with van der Waals surface area (Å²) in [6.45, 7) is 31.8. The van der Waals surface area contributed by atoms with Crippen LogP contribution >= 0.6 is 0 Å². The standard InChI is InChI=1S/C84H121NO16/c1-51(2)24-22-25-52(3)64-34-35-65-63-33-31-59-49-62(38-40-80(59,13)66(63)39-41-81(64,65)14)96-47-46-95-45-44-94-43-23-30-61(87)32-36-68(88)98-71(70(57-26-18-16-19-27-57)85-77(92)101-78(8,9)10)76(91)97-67-50-84(93)74(99-75(90)58-28-20-17-21-29-58)72-82(15,73(89)55(6)69(54(67)5)79(84,11)12)53(4)48-60-37-42-83(60,72)100-56(7)86/h16-21,26-29,31,51-53,55,60,62-67,70-72,74,93H,22-25,30,32-50H2,1-15H3,(H,85,92)/t52-,53+,55-,60-,62+,63?,64-,65?,66?,67+,70+,71-,72+,74+,80+,81-,82-,83+,84-/m1/s1. The number of benzene rings is 2. The normalized spacial score (nSPS) is 34.1. The van der Waals surface area contributed by atoms with Crippen LogP contribution in [0.4, 0.5) is 4.79 Å². The van der Waals surface area contributed by atoms with E-state index in [9.17, 15) is 29.1 Å². The molecule has 2 aromatic carbocycles. The average Bonchev–Trinajstić information content (AvgIpc) is 1.24. The SMILES string of the molecule is CC(=O)O[C@@]12CC[C@@H]1C[C@H](C)[C@@]1(C)C(=O)[C@H](C)C3=C(C)[C@@H](OC(=O)[C@H](OC(=O)CCC(=O)CCCOCCOCCO[C@H]4CC[C@@]5(C)C(=CCC6C5CC[C@@]5(C)C6CC[C@@H]5[C@H](C)CCCC(C)C)C4)[C@@H](NC(=O)OC(C)(C)C)c4ccccc4)C[C@@](O)([C@@H](OC(=O)c4ccccc4)[C@H]21)C3(C)C. The Labute approximate surface area is 602 Å². The van der Waals surface area contributed by atoms with Crippen LogP contribution in [0, 0.1) is 80.8 Å². The summed E-state index contributed by atoms with van der Waals surface area (Å²) < 4.78 is 49.8. The minimum absolute atomic E-state index is 0.121. The minimum Gasteiger partial charge on any atom is -0.458 e. The molecule has 3 unspecified atom stereocenters. The number of ketones is 2. The Morgan fingerprint density at radius 1 is 0.752 bits per heavy atom. The van der Waals surface area contributed by atoms with Gasteiger partial charge in [-0.1, -0.05) is 149 Å². The monoisotopic (exact) mass is 1400 g/mol. The highest BCUT2D eigenvalue weighted by Gasteiger charge is 2.76. The predicted molar refractivity (Wildman–Crippen MR) is 385 cm³/mol. The number of ether oxygens (including phenoxy) is 8. The van der Waals surface area contributed by atoms with Gasteiger partial charge in [-0.25, -0.2) is 14.4 Å². The Bertz CT molecular complexity index is 3350. The molecule has 0 saturated heterocycles. The lowest BCUT2D eigenvalue weighted by atomic mass is 9.39. The van der Waals surface area contributed by atoms with Gasteiger partial charge in [0.25, 0.3) is 0 Å². The zero-order valence-electron chi connectivity index (χ0n) is 63.6. The van der Waals surface area contributed by atoms with E-state index in [1.165, 1.54) is 64.7 Å². The fraction of sp³-hybridized carbons (Fsp3) is 0.726. The number of alkyl carbamates (subject to hydrolysis) is 1. The quantitative estimate of drug-likeness (QED) is 0.0349. The van der Waals surface area contributed by atoms with Crippen LogP contribution in [0.2, 0.25) is 0 Å². The summed E-state index contributed by atoms with van der Waals surface area (Å²) in [5, 5.41) is 16.9. The predicted octanol–water partition coefficient (Wildman–Crippen LogP) is 16.0. The number of Topliss-reactive ketones (excluding diaryl/α,β-unsaturated/α-hetero) is 2. The summed E-state index contributed by atoms with van der Waals surface area (Å²) in [4.78, 5) is 101. The molecule has 17 heteroatoms. The van der Waals surface area contributed by atoms with Crippen molar-refractivity contribution in [1.82, 2.24) is 5.32 Å². The van der Waals surface area contributed by atoms with Crippen LogP contribution < -0.4 is 5.32 Å². The summed E-state index contributed by atoms with van der Waals surface area (Å²) in [6.07, 6.45) is 12.4. The van der Waals surface area contributed by atoms with Crippen molar-refractivity contribution in [2.45, 2.75) is 273 Å². The Balaban J connectivity index is 0.753. The van der Waals surface area contributed by atoms with E-state index < -0.39 is 100 Å². The minimum atomic E-state index is -2.14. The maximum atomic E-state index is 15.9. The molecule has 0 heterocycles. The van der Waals surface area contributed by atoms with E-state index in [1.807, 2.05) is 13.8 Å². The van der Waals surface area contributed by atoms with Gasteiger partial charge in [0.2, 0.25) is 6.10 Å². The number of rotatable bonds is 28. The summed E-state index contributed by atoms with van der Waals surface area (Å²) >= 11 is 0. The molecule has 2 N–H and O–H groups in total. The topological polar surface area (TPSA) is 226 Å². The number of aliphatic hydroxyl groups is 1. The van der Waals surface area contributed by atoms with E-state index in [2.05, 4.69) is 46.0 Å². The molecule has 8 aliphatic carbocycles. The molecule has 0 spiro atoms. The maximum absolute atomic E-state index is 15.9. The first-order valence-corrected chi connectivity index (χ1v) is 38.6. The van der Waals surface area contributed by atoms with Gasteiger partial charge in [0.05, 0.1) is 50.4 Å². The van der Waals surface area contributed by atoms with Gasteiger partial charge >= 0.3 is 30.0 Å². The summed E-state index contributed by atoms with van der Waals surface area (Å²) in [5.74, 6) is -1.44. The molecule has 2 aromatic rings. The highest BCUT2D eigenvalue weighted by Crippen LogP contribution is 2.70. The Morgan fingerprint density at radius 3 is 2.10 bits per heavy atom. The third-order valence-corrected chi connectivity index (χ3v) is 26.7. The van der Waals surface area contributed by atoms with Gasteiger partial charge in [0, 0.05) is 49.5 Å². The van der Waals surface area contributed by atoms with Crippen molar-refractivity contribution >= 4 is 41.5 Å². The molecule has 2 bridgehead atoms. The Kier molecular flexibility index (Phi) is 24.3. The molecule has 6 saturated carbocycles. The van der Waals surface area contributed by atoms with Gasteiger partial charge in [-0.3, -0.25) is 19.2 Å². The van der Waals surface area contributed by atoms with Crippen molar-refractivity contribution < 1.29 is 76.6 Å². The smallest absolute Gasteiger partial charge is 0.408 e. The van der Waals surface area contributed by atoms with Crippen molar-refractivity contribution in [2.24, 2.45) is 80.8 Å². The summed E-state index contributed by atoms with van der Waals surface area (Å²) in [6, 6.07) is 15.3. The number of carbonyl (C=O) groups is 7. The second-order valence-electron chi connectivity index (χ2n) is 34.6. The molecule has 17 nitrogen and oxygen atoms in total. The molecular formula is C84H121NO16. The highest BCUT2D eigenvalue weighted by molar-refractivity contribution is 5.92. The molecule has 0 radical (unpaired) electrons. The maximum Gasteiger partial charge on any atom is 0.408 e. The molecule has 10 rings (SSSR count). The van der Waals surface area contributed by atoms with E-state index in [4.69, 9.17) is 37.9 Å². The number of nitrogens with one attached hydrogen (secondary N) is 1. The number of fused-ring (bicyclic) bond motifs is 10. The first-order chi connectivity index (χ1) is 47.7. The van der Waals surface area contributed by atoms with Crippen molar-refractivity contribution in [3.8, 4) is 0 Å². The number of carbonyl (C=O) groups excluding carboxylic acids is 7. The zero-order chi connectivity index (χ0) is 73.2. The molecule has 558 valence electrons. The lowest BCUT2D eigenvalue weighted by Gasteiger charge is -2.68. The second-order valence-corrected chi connectivity index (χ2v) is 34.6. The number of hydrogen-bond donors (Lipinski definition) is 2. The van der Waals surface area contributed by atoms with Gasteiger partial charge in [-0.2, -0.15) is 0 Å². The van der Waals surface area contributed by atoms with Crippen molar-refractivity contribution in [1.29, 1.82) is 0 Å². The first kappa shape index (κ1) is 77.9. The third kappa shape index (κ3) is 15.9. The van der Waals surface area contributed by atoms with Crippen molar-refractivity contribution in [3.05, 3.63) is 94.6 Å². The van der Waals surface area contributed by atoms with Crippen LogP contribution in [0.15, 0.2) is 83.5 Å². The van der Waals surface area contributed by atoms with Crippen molar-refractivity contribution in [3.63, 3.8) is 0 Å². The lowest BCUT2D eigenvalue weighted by Crippen LogP contribution is -2.77. The molecular weight excluding hydrogens is 1280 g/mol. The van der Waals surface area contributed by atoms with Crippen LogP contribution in [-0.4, -0.2) is 121 Å². The molecule has 8 aliphatic rings. The molecule has 1 amide bonds. The van der Waals surface area contributed by atoms with E-state index in [-0.39, 0.29) is 59.7 Å².